The summed E-state index contributed by atoms with van der Waals surface area (Å²) in [6.07, 6.45) is 34.3. The first-order valence-electron chi connectivity index (χ1n) is 34.4. The van der Waals surface area contributed by atoms with E-state index in [2.05, 4.69) is 55.3 Å². The average Bonchev–Trinajstić information content (AvgIpc) is 1.82. The third-order valence-electron chi connectivity index (χ3n) is 15.6. The van der Waals surface area contributed by atoms with E-state index < -0.39 is 74.2 Å². The van der Waals surface area contributed by atoms with Gasteiger partial charge in [-0.05, 0) is 110 Å². The normalized spacial score (nSPS) is 18.5. The van der Waals surface area contributed by atoms with Crippen molar-refractivity contribution in [2.24, 2.45) is 0 Å². The van der Waals surface area contributed by atoms with Crippen LogP contribution in [-0.4, -0.2) is 203 Å². The third kappa shape index (κ3) is 48.8. The van der Waals surface area contributed by atoms with Crippen molar-refractivity contribution >= 4 is 23.3 Å². The number of amides is 1. The summed E-state index contributed by atoms with van der Waals surface area (Å²) >= 11 is 0. The van der Waals surface area contributed by atoms with E-state index in [1.54, 1.807) is 0 Å². The molecule has 0 aromatic heterocycles. The summed E-state index contributed by atoms with van der Waals surface area (Å²) in [5, 5.41) is 81.4. The van der Waals surface area contributed by atoms with E-state index in [0.717, 1.165) is 71.0 Å². The van der Waals surface area contributed by atoms with Gasteiger partial charge in [0.1, 0.15) is 60.1 Å². The molecule has 1 heterocycles. The molecule has 1 amide bonds. The zero-order chi connectivity index (χ0) is 64.4. The van der Waals surface area contributed by atoms with Crippen molar-refractivity contribution in [2.75, 3.05) is 79.0 Å². The molecule has 87 heavy (non-hydrogen) atoms. The van der Waals surface area contributed by atoms with Gasteiger partial charge in [-0.1, -0.05) is 154 Å². The number of nitrogens with one attached hydrogen (secondary N) is 1. The molecule has 0 aliphatic carbocycles. The Hall–Kier alpha value is -2.60. The zero-order valence-corrected chi connectivity index (χ0v) is 54.9. The lowest BCUT2D eigenvalue weighted by molar-refractivity contribution is -0.326. The van der Waals surface area contributed by atoms with Crippen LogP contribution in [0.5, 0.6) is 0 Å². The van der Waals surface area contributed by atoms with Crippen LogP contribution in [0.1, 0.15) is 252 Å². The van der Waals surface area contributed by atoms with Crippen LogP contribution < -0.4 is 5.32 Å². The Labute approximate surface area is 526 Å². The van der Waals surface area contributed by atoms with Gasteiger partial charge in [-0.2, -0.15) is 0 Å². The van der Waals surface area contributed by atoms with Gasteiger partial charge in [-0.15, -0.1) is 0 Å². The predicted octanol–water partition coefficient (Wildman–Crippen LogP) is 9.25. The number of ketones is 3. The molecular weight excluding hydrogens is 1120 g/mol. The minimum absolute atomic E-state index is 0.0388. The summed E-state index contributed by atoms with van der Waals surface area (Å²) in [5.74, 6) is -0.128. The highest BCUT2D eigenvalue weighted by Crippen LogP contribution is 2.25. The van der Waals surface area contributed by atoms with Crippen LogP contribution in [0, 0.1) is 0 Å². The first-order valence-corrected chi connectivity index (χ1v) is 34.4. The molecule has 0 aromatic rings. The second kappa shape index (κ2) is 60.9. The second-order valence-corrected chi connectivity index (χ2v) is 23.7. The number of aliphatic hydroxyl groups excluding tert-OH is 8. The number of carbonyl (C=O) groups is 4. The fourth-order valence-corrected chi connectivity index (χ4v) is 10.0. The second-order valence-electron chi connectivity index (χ2n) is 23.7. The van der Waals surface area contributed by atoms with Gasteiger partial charge < -0.3 is 74.8 Å². The molecule has 1 rings (SSSR count). The zero-order valence-electron chi connectivity index (χ0n) is 54.9. The van der Waals surface area contributed by atoms with Crippen LogP contribution in [0.2, 0.25) is 0 Å². The molecule has 9 N–H and O–H groups in total. The molecule has 19 nitrogen and oxygen atoms in total. The number of aliphatic hydroxyl groups is 8. The number of rotatable bonds is 61. The first kappa shape index (κ1) is 84.4. The number of carbonyl (C=O) groups excluding carboxylic acids is 4. The summed E-state index contributed by atoms with van der Waals surface area (Å²) < 4.78 is 26.1. The van der Waals surface area contributed by atoms with Crippen molar-refractivity contribution in [3.05, 3.63) is 24.3 Å². The molecule has 1 aliphatic heterocycles. The van der Waals surface area contributed by atoms with E-state index in [1.807, 2.05) is 0 Å². The number of hydrogen-bond donors (Lipinski definition) is 9. The van der Waals surface area contributed by atoms with Crippen LogP contribution in [0.4, 0.5) is 0 Å². The van der Waals surface area contributed by atoms with E-state index in [1.165, 1.54) is 174 Å². The quantitative estimate of drug-likeness (QED) is 0.0202. The standard InChI is InChI=1S/C46H87NO2.C22H41NO15/c1-4-7-10-12-14-16-18-20-22-24-26-28-30-32-34-38-45(48)40-36-43-47(42-9-6-3)44-37-41-46(49)39-35-33-31-29-27-25-23-21-19-17-15-13-11-8-5-2;1-12(26)2-4-34-6-8-36-9-7-35-5-3-23-21(33)18(31)17(30)20(13(27)10-24)38-22-19(32)16(29)15(28)14(11-25)37-22/h20-23H,4-19,24-44H2,1-3H3;13-20,22,24-25,27-32H,2-11H2,1H3,(H,23,33)/b22-20-,23-21-;/t;13?,14?,15-,16?,17?,18?,19-,20?,22+/m.1/s1. The van der Waals surface area contributed by atoms with Crippen molar-refractivity contribution in [2.45, 2.75) is 308 Å². The minimum Gasteiger partial charge on any atom is -0.394 e. The Morgan fingerprint density at radius 3 is 1.33 bits per heavy atom. The van der Waals surface area contributed by atoms with Crippen LogP contribution >= 0.6 is 0 Å². The fourth-order valence-electron chi connectivity index (χ4n) is 10.0. The highest BCUT2D eigenvalue weighted by Gasteiger charge is 2.47. The Morgan fingerprint density at radius 2 is 0.897 bits per heavy atom. The maximum absolute atomic E-state index is 12.5. The van der Waals surface area contributed by atoms with Gasteiger partial charge in [0.05, 0.1) is 52.9 Å². The molecule has 512 valence electrons. The number of Topliss-reactive ketones (excluding diaryl/α,β-unsaturated/α-hetero) is 3. The van der Waals surface area contributed by atoms with E-state index in [4.69, 9.17) is 23.7 Å². The molecule has 0 saturated carbocycles. The maximum atomic E-state index is 12.5. The summed E-state index contributed by atoms with van der Waals surface area (Å²) in [6, 6.07) is 0. The van der Waals surface area contributed by atoms with Crippen LogP contribution in [0.15, 0.2) is 24.3 Å². The topological polar surface area (TPSA) is 292 Å². The summed E-state index contributed by atoms with van der Waals surface area (Å²) in [5.41, 5.74) is 0. The molecule has 0 aromatic carbocycles. The van der Waals surface area contributed by atoms with Gasteiger partial charge in [0.15, 0.2) is 12.4 Å². The number of allylic oxidation sites excluding steroid dienone is 4. The van der Waals surface area contributed by atoms with Crippen LogP contribution in [0.3, 0.4) is 0 Å². The lowest BCUT2D eigenvalue weighted by Crippen LogP contribution is -2.62. The highest BCUT2D eigenvalue weighted by molar-refractivity contribution is 5.81. The van der Waals surface area contributed by atoms with Crippen LogP contribution in [-0.2, 0) is 42.9 Å². The Balaban J connectivity index is 0.00000175. The van der Waals surface area contributed by atoms with E-state index in [9.17, 15) is 60.0 Å². The lowest BCUT2D eigenvalue weighted by atomic mass is 9.98. The molecule has 9 atom stereocenters. The first-order chi connectivity index (χ1) is 42.2. The van der Waals surface area contributed by atoms with Crippen molar-refractivity contribution in [1.82, 2.24) is 10.2 Å². The Kier molecular flexibility index (Phi) is 59.1. The number of nitrogens with zero attached hydrogens (tertiary/aromatic N) is 1. The monoisotopic (exact) mass is 1240 g/mol. The number of unbranched alkanes of at least 4 members (excludes halogenated alkanes) is 23. The smallest absolute Gasteiger partial charge is 0.251 e. The van der Waals surface area contributed by atoms with Gasteiger partial charge >= 0.3 is 0 Å². The van der Waals surface area contributed by atoms with E-state index >= 15 is 0 Å². The Morgan fingerprint density at radius 1 is 0.494 bits per heavy atom. The predicted molar refractivity (Wildman–Crippen MR) is 343 cm³/mol. The molecule has 6 unspecified atom stereocenters. The molecule has 1 aliphatic rings. The molecule has 0 bridgehead atoms. The molecular formula is C68H128N2O17. The third-order valence-corrected chi connectivity index (χ3v) is 15.6. The van der Waals surface area contributed by atoms with Crippen molar-refractivity contribution < 1.29 is 83.7 Å². The summed E-state index contributed by atoms with van der Waals surface area (Å²) in [6.45, 7) is 11.0. The van der Waals surface area contributed by atoms with Gasteiger partial charge in [-0.3, -0.25) is 19.2 Å². The molecule has 1 fully saturated rings. The SMILES string of the molecule is CC(=O)CCOCCOCCOCCNC(=O)C(O)C(O)C(O[C@@H]1OC(CO)[C@@H](O)C(O)[C@H]1O)C(O)CO.CCCCCCCC/C=C\CCCCCCCC(=O)CCCN(CCCC)CCCC(=O)CCCCCCC/C=C\CCCCCCCC. The molecule has 0 spiro atoms. The van der Waals surface area contributed by atoms with Gasteiger partial charge in [0, 0.05) is 38.6 Å². The average molecular weight is 1250 g/mol. The minimum atomic E-state index is -2.16. The molecule has 0 radical (unpaired) electrons. The van der Waals surface area contributed by atoms with E-state index in [-0.39, 0.29) is 32.1 Å². The van der Waals surface area contributed by atoms with E-state index in [0.29, 0.717) is 37.8 Å². The van der Waals surface area contributed by atoms with Gasteiger partial charge in [0.25, 0.3) is 5.91 Å². The maximum Gasteiger partial charge on any atom is 0.251 e. The highest BCUT2D eigenvalue weighted by atomic mass is 16.7. The lowest BCUT2D eigenvalue weighted by Gasteiger charge is -2.42. The van der Waals surface area contributed by atoms with Crippen molar-refractivity contribution in [3.8, 4) is 0 Å². The largest absolute Gasteiger partial charge is 0.394 e. The molecule has 19 heteroatoms. The summed E-state index contributed by atoms with van der Waals surface area (Å²) in [4.78, 5) is 50.5. The van der Waals surface area contributed by atoms with Gasteiger partial charge in [0.2, 0.25) is 0 Å². The van der Waals surface area contributed by atoms with Crippen molar-refractivity contribution in [3.63, 3.8) is 0 Å². The Bertz CT molecular complexity index is 1600. The summed E-state index contributed by atoms with van der Waals surface area (Å²) in [7, 11) is 0. The molecule has 1 saturated heterocycles. The number of ether oxygens (including phenoxy) is 5. The number of hydrogen-bond acceptors (Lipinski definition) is 18. The van der Waals surface area contributed by atoms with Crippen molar-refractivity contribution in [1.29, 1.82) is 0 Å². The fraction of sp³-hybridized carbons (Fsp3) is 0.882. The van der Waals surface area contributed by atoms with Crippen LogP contribution in [0.25, 0.3) is 0 Å². The van der Waals surface area contributed by atoms with Gasteiger partial charge in [-0.25, -0.2) is 0 Å².